The van der Waals surface area contributed by atoms with Gasteiger partial charge in [0.05, 0.1) is 0 Å². The molecule has 2 rings (SSSR count). The Morgan fingerprint density at radius 1 is 1.31 bits per heavy atom. The van der Waals surface area contributed by atoms with Crippen molar-refractivity contribution >= 4 is 12.7 Å². The Bertz CT molecular complexity index is 326. The van der Waals surface area contributed by atoms with Crippen molar-refractivity contribution in [3.63, 3.8) is 0 Å². The maximum absolute atomic E-state index is 2.36. The van der Waals surface area contributed by atoms with Crippen molar-refractivity contribution in [3.05, 3.63) is 29.3 Å². The summed E-state index contributed by atoms with van der Waals surface area (Å²) in [7, 11) is 2.36. The van der Waals surface area contributed by atoms with Gasteiger partial charge in [0.15, 0.2) is 7.28 Å². The van der Waals surface area contributed by atoms with E-state index in [0.29, 0.717) is 5.41 Å². The molecule has 0 spiro atoms. The van der Waals surface area contributed by atoms with E-state index in [1.165, 1.54) is 29.3 Å². The quantitative estimate of drug-likeness (QED) is 0.526. The van der Waals surface area contributed by atoms with Crippen LogP contribution < -0.4 is 5.46 Å². The molecule has 67 valence electrons. The zero-order valence-electron chi connectivity index (χ0n) is 8.72. The molecule has 0 saturated carbocycles. The molecule has 1 aliphatic heterocycles. The Labute approximate surface area is 81.6 Å². The van der Waals surface area contributed by atoms with Gasteiger partial charge >= 0.3 is 0 Å². The van der Waals surface area contributed by atoms with Crippen LogP contribution in [-0.2, 0) is 5.41 Å². The van der Waals surface area contributed by atoms with Gasteiger partial charge in [0.1, 0.15) is 0 Å². The van der Waals surface area contributed by atoms with E-state index in [1.807, 2.05) is 0 Å². The summed E-state index contributed by atoms with van der Waals surface area (Å²) < 4.78 is 0. The lowest BCUT2D eigenvalue weighted by Gasteiger charge is -2.32. The fourth-order valence-electron chi connectivity index (χ4n) is 2.16. The van der Waals surface area contributed by atoms with Crippen molar-refractivity contribution in [1.82, 2.24) is 0 Å². The molecule has 13 heavy (non-hydrogen) atoms. The molecule has 0 aliphatic carbocycles. The van der Waals surface area contributed by atoms with E-state index in [-0.39, 0.29) is 0 Å². The molecule has 0 unspecified atom stereocenters. The second-order valence-corrected chi connectivity index (χ2v) is 4.72. The molecule has 0 fully saturated rings. The lowest BCUT2D eigenvalue weighted by Crippen LogP contribution is -2.35. The molecule has 1 radical (unpaired) electrons. The Morgan fingerprint density at radius 3 is 2.85 bits per heavy atom. The second kappa shape index (κ2) is 2.90. The van der Waals surface area contributed by atoms with Crippen LogP contribution in [0.3, 0.4) is 0 Å². The SMILES string of the molecule is Cc1ccc2c(c1)C(C)(C)CC[B]2. The average molecular weight is 171 g/mol. The average Bonchev–Trinajstić information content (AvgIpc) is 2.06. The van der Waals surface area contributed by atoms with E-state index < -0.39 is 0 Å². The molecular formula is C12H16B. The summed E-state index contributed by atoms with van der Waals surface area (Å²) >= 11 is 0. The molecule has 0 atom stereocenters. The van der Waals surface area contributed by atoms with Gasteiger partial charge in [-0.1, -0.05) is 55.8 Å². The number of rotatable bonds is 0. The van der Waals surface area contributed by atoms with Crippen molar-refractivity contribution in [2.24, 2.45) is 0 Å². The predicted octanol–water partition coefficient (Wildman–Crippen LogP) is 2.42. The normalized spacial score (nSPS) is 19.0. The van der Waals surface area contributed by atoms with Gasteiger partial charge in [-0.25, -0.2) is 0 Å². The van der Waals surface area contributed by atoms with E-state index in [9.17, 15) is 0 Å². The Morgan fingerprint density at radius 2 is 2.08 bits per heavy atom. The van der Waals surface area contributed by atoms with Crippen molar-refractivity contribution in [1.29, 1.82) is 0 Å². The topological polar surface area (TPSA) is 0 Å². The van der Waals surface area contributed by atoms with E-state index in [2.05, 4.69) is 46.2 Å². The van der Waals surface area contributed by atoms with Crippen LogP contribution in [0.15, 0.2) is 18.2 Å². The summed E-state index contributed by atoms with van der Waals surface area (Å²) in [6, 6.07) is 6.80. The standard InChI is InChI=1S/C12H16B/c1-9-4-5-11-10(8-9)12(2,3)6-7-13-11/h4-5,8H,6-7H2,1-3H3. The first-order valence-corrected chi connectivity index (χ1v) is 5.04. The molecule has 1 aromatic carbocycles. The van der Waals surface area contributed by atoms with E-state index in [1.54, 1.807) is 0 Å². The molecule has 0 aromatic heterocycles. The predicted molar refractivity (Wildman–Crippen MR) is 59.0 cm³/mol. The van der Waals surface area contributed by atoms with Gasteiger partial charge in [0, 0.05) is 0 Å². The minimum atomic E-state index is 0.371. The van der Waals surface area contributed by atoms with Crippen LogP contribution in [0.1, 0.15) is 31.4 Å². The summed E-state index contributed by atoms with van der Waals surface area (Å²) in [4.78, 5) is 0. The minimum Gasteiger partial charge on any atom is -0.0841 e. The van der Waals surface area contributed by atoms with Crippen molar-refractivity contribution in [3.8, 4) is 0 Å². The molecule has 1 heteroatoms. The van der Waals surface area contributed by atoms with Gasteiger partial charge in [-0.05, 0) is 17.9 Å². The van der Waals surface area contributed by atoms with Gasteiger partial charge in [-0.15, -0.1) is 0 Å². The first-order chi connectivity index (χ1) is 6.09. The zero-order chi connectivity index (χ0) is 9.47. The summed E-state index contributed by atoms with van der Waals surface area (Å²) in [5.74, 6) is 0. The van der Waals surface area contributed by atoms with Crippen LogP contribution in [0.2, 0.25) is 6.32 Å². The first-order valence-electron chi connectivity index (χ1n) is 5.04. The van der Waals surface area contributed by atoms with E-state index in [0.717, 1.165) is 0 Å². The van der Waals surface area contributed by atoms with Gasteiger partial charge < -0.3 is 0 Å². The molecule has 0 nitrogen and oxygen atoms in total. The lowest BCUT2D eigenvalue weighted by atomic mass is 9.54. The fraction of sp³-hybridized carbons (Fsp3) is 0.500. The smallest absolute Gasteiger partial charge is 0.0841 e. The van der Waals surface area contributed by atoms with Crippen LogP contribution in [0, 0.1) is 6.92 Å². The third-order valence-electron chi connectivity index (χ3n) is 3.07. The van der Waals surface area contributed by atoms with Gasteiger partial charge in [0.2, 0.25) is 0 Å². The van der Waals surface area contributed by atoms with E-state index >= 15 is 0 Å². The van der Waals surface area contributed by atoms with Crippen LogP contribution in [0.25, 0.3) is 0 Å². The van der Waals surface area contributed by atoms with Crippen LogP contribution in [0.4, 0.5) is 0 Å². The molecule has 1 aromatic rings. The number of aryl methyl sites for hydroxylation is 1. The largest absolute Gasteiger partial charge is 0.152 e. The minimum absolute atomic E-state index is 0.371. The summed E-state index contributed by atoms with van der Waals surface area (Å²) in [6.45, 7) is 6.86. The monoisotopic (exact) mass is 171 g/mol. The molecule has 0 bridgehead atoms. The third kappa shape index (κ3) is 1.52. The van der Waals surface area contributed by atoms with Crippen LogP contribution in [-0.4, -0.2) is 7.28 Å². The fourth-order valence-corrected chi connectivity index (χ4v) is 2.16. The number of hydrogen-bond donors (Lipinski definition) is 0. The van der Waals surface area contributed by atoms with Crippen molar-refractivity contribution < 1.29 is 0 Å². The Balaban J connectivity index is 2.55. The zero-order valence-corrected chi connectivity index (χ0v) is 8.72. The number of hydrogen-bond acceptors (Lipinski definition) is 0. The number of benzene rings is 1. The summed E-state index contributed by atoms with van der Waals surface area (Å²) in [5.41, 5.74) is 4.72. The highest BCUT2D eigenvalue weighted by molar-refractivity contribution is 6.54. The molecule has 0 saturated heterocycles. The molecular weight excluding hydrogens is 155 g/mol. The van der Waals surface area contributed by atoms with Crippen molar-refractivity contribution in [2.75, 3.05) is 0 Å². The third-order valence-corrected chi connectivity index (χ3v) is 3.07. The Hall–Kier alpha value is -0.715. The Kier molecular flexibility index (Phi) is 1.98. The highest BCUT2D eigenvalue weighted by Gasteiger charge is 2.27. The van der Waals surface area contributed by atoms with Crippen LogP contribution in [0.5, 0.6) is 0 Å². The second-order valence-electron chi connectivity index (χ2n) is 4.72. The summed E-state index contributed by atoms with van der Waals surface area (Å²) in [5, 5.41) is 0. The highest BCUT2D eigenvalue weighted by Crippen LogP contribution is 2.30. The van der Waals surface area contributed by atoms with Gasteiger partial charge in [-0.2, -0.15) is 0 Å². The van der Waals surface area contributed by atoms with E-state index in [4.69, 9.17) is 0 Å². The highest BCUT2D eigenvalue weighted by atomic mass is 14.3. The maximum Gasteiger partial charge on any atom is 0.152 e. The summed E-state index contributed by atoms with van der Waals surface area (Å²) in [6.07, 6.45) is 2.51. The van der Waals surface area contributed by atoms with Gasteiger partial charge in [-0.3, -0.25) is 0 Å². The number of fused-ring (bicyclic) bond motifs is 1. The molecule has 0 N–H and O–H groups in total. The molecule has 0 amide bonds. The van der Waals surface area contributed by atoms with Crippen molar-refractivity contribution in [2.45, 2.75) is 38.9 Å². The van der Waals surface area contributed by atoms with Crippen LogP contribution >= 0.6 is 0 Å². The molecule has 1 heterocycles. The maximum atomic E-state index is 2.36. The first kappa shape index (κ1) is 8.86. The van der Waals surface area contributed by atoms with Gasteiger partial charge in [0.25, 0.3) is 0 Å². The lowest BCUT2D eigenvalue weighted by molar-refractivity contribution is 0.502. The molecule has 1 aliphatic rings.